The first-order valence-electron chi connectivity index (χ1n) is 8.10. The third-order valence-corrected chi connectivity index (χ3v) is 3.65. The second-order valence-electron chi connectivity index (χ2n) is 5.78. The average Bonchev–Trinajstić information content (AvgIpc) is 2.58. The molecule has 6 nitrogen and oxygen atoms in total. The summed E-state index contributed by atoms with van der Waals surface area (Å²) in [5.74, 6) is 1.32. The topological polar surface area (TPSA) is 62.8 Å². The molecule has 6 heteroatoms. The van der Waals surface area contributed by atoms with E-state index in [1.54, 1.807) is 7.11 Å². The van der Waals surface area contributed by atoms with Crippen molar-refractivity contribution in [3.05, 3.63) is 48.0 Å². The van der Waals surface area contributed by atoms with Crippen LogP contribution in [0.25, 0.3) is 0 Å². The summed E-state index contributed by atoms with van der Waals surface area (Å²) < 4.78 is 10.8. The lowest BCUT2D eigenvalue weighted by molar-refractivity contribution is 0.246. The number of nitrogens with zero attached hydrogens (tertiary/aromatic N) is 1. The van der Waals surface area contributed by atoms with Crippen LogP contribution in [0.2, 0.25) is 0 Å². The van der Waals surface area contributed by atoms with Gasteiger partial charge in [-0.2, -0.15) is 0 Å². The number of hydrogen-bond acceptors (Lipinski definition) is 4. The number of urea groups is 1. The van der Waals surface area contributed by atoms with Crippen LogP contribution in [0.5, 0.6) is 11.5 Å². The van der Waals surface area contributed by atoms with E-state index in [1.165, 1.54) is 0 Å². The first kappa shape index (κ1) is 18.4. The molecule has 0 aliphatic heterocycles. The maximum absolute atomic E-state index is 12.0. The lowest BCUT2D eigenvalue weighted by Crippen LogP contribution is -2.32. The van der Waals surface area contributed by atoms with Gasteiger partial charge < -0.3 is 25.0 Å². The summed E-state index contributed by atoms with van der Waals surface area (Å²) in [5.41, 5.74) is 2.98. The molecule has 0 saturated carbocycles. The Balaban J connectivity index is 1.78. The second kappa shape index (κ2) is 8.82. The van der Waals surface area contributed by atoms with Crippen LogP contribution in [0.3, 0.4) is 0 Å². The quantitative estimate of drug-likeness (QED) is 0.758. The molecule has 2 aromatic rings. The van der Waals surface area contributed by atoms with Crippen molar-refractivity contribution < 1.29 is 14.3 Å². The summed E-state index contributed by atoms with van der Waals surface area (Å²) in [5, 5.41) is 5.59. The van der Waals surface area contributed by atoms with Crippen LogP contribution >= 0.6 is 0 Å². The molecule has 2 rings (SSSR count). The Morgan fingerprint density at radius 1 is 1.12 bits per heavy atom. The molecule has 0 saturated heterocycles. The zero-order valence-corrected chi connectivity index (χ0v) is 15.1. The number of rotatable bonds is 7. The van der Waals surface area contributed by atoms with Gasteiger partial charge in [-0.1, -0.05) is 12.1 Å². The van der Waals surface area contributed by atoms with Crippen molar-refractivity contribution in [1.82, 2.24) is 5.32 Å². The maximum atomic E-state index is 12.0. The zero-order chi connectivity index (χ0) is 18.2. The van der Waals surface area contributed by atoms with Gasteiger partial charge in [-0.15, -0.1) is 0 Å². The molecule has 0 spiro atoms. The highest BCUT2D eigenvalue weighted by Crippen LogP contribution is 2.25. The number of aryl methyl sites for hydroxylation is 1. The fraction of sp³-hybridized carbons (Fsp3) is 0.316. The molecule has 0 aliphatic rings. The van der Waals surface area contributed by atoms with Crippen LogP contribution in [-0.2, 0) is 0 Å². The molecule has 0 unspecified atom stereocenters. The van der Waals surface area contributed by atoms with Crippen molar-refractivity contribution in [2.75, 3.05) is 44.6 Å². The fourth-order valence-corrected chi connectivity index (χ4v) is 2.47. The summed E-state index contributed by atoms with van der Waals surface area (Å²) in [7, 11) is 5.57. The third kappa shape index (κ3) is 5.31. The van der Waals surface area contributed by atoms with Crippen molar-refractivity contribution >= 4 is 17.4 Å². The predicted octanol–water partition coefficient (Wildman–Crippen LogP) is 3.27. The van der Waals surface area contributed by atoms with Gasteiger partial charge in [0.15, 0.2) is 11.5 Å². The lowest BCUT2D eigenvalue weighted by atomic mass is 10.1. The number of ether oxygens (including phenoxy) is 2. The molecule has 0 atom stereocenters. The minimum atomic E-state index is -0.263. The third-order valence-electron chi connectivity index (χ3n) is 3.65. The monoisotopic (exact) mass is 343 g/mol. The summed E-state index contributed by atoms with van der Waals surface area (Å²) in [6.07, 6.45) is 0. The van der Waals surface area contributed by atoms with Crippen molar-refractivity contribution in [3.8, 4) is 11.5 Å². The van der Waals surface area contributed by atoms with Gasteiger partial charge in [0.05, 0.1) is 13.7 Å². The molecular formula is C19H25N3O3. The highest BCUT2D eigenvalue weighted by Gasteiger charge is 2.06. The molecule has 0 aliphatic carbocycles. The largest absolute Gasteiger partial charge is 0.493 e. The number of carbonyl (C=O) groups excluding carboxylic acids is 1. The molecule has 0 bridgehead atoms. The number of hydrogen-bond donors (Lipinski definition) is 2. The molecule has 0 radical (unpaired) electrons. The molecule has 0 fully saturated rings. The molecule has 134 valence electrons. The van der Waals surface area contributed by atoms with E-state index in [4.69, 9.17) is 9.47 Å². The average molecular weight is 343 g/mol. The molecule has 0 heterocycles. The molecule has 2 amide bonds. The lowest BCUT2D eigenvalue weighted by Gasteiger charge is -2.17. The Labute approximate surface area is 148 Å². The van der Waals surface area contributed by atoms with Gasteiger partial charge in [-0.05, 0) is 42.8 Å². The predicted molar refractivity (Wildman–Crippen MR) is 101 cm³/mol. The standard InChI is InChI=1S/C19H25N3O3/c1-14-13-15(9-10-16(14)22(2)3)21-19(23)20-11-12-25-18-8-6-5-7-17(18)24-4/h5-10,13H,11-12H2,1-4H3,(H2,20,21,23). The minimum absolute atomic E-state index is 0.263. The number of amides is 2. The number of anilines is 2. The van der Waals surface area contributed by atoms with Crippen molar-refractivity contribution in [1.29, 1.82) is 0 Å². The zero-order valence-electron chi connectivity index (χ0n) is 15.1. The van der Waals surface area contributed by atoms with E-state index in [0.29, 0.717) is 24.7 Å². The van der Waals surface area contributed by atoms with Crippen molar-refractivity contribution in [3.63, 3.8) is 0 Å². The normalized spacial score (nSPS) is 10.1. The van der Waals surface area contributed by atoms with E-state index in [1.807, 2.05) is 68.4 Å². The van der Waals surface area contributed by atoms with Crippen LogP contribution in [0.15, 0.2) is 42.5 Å². The number of nitrogens with one attached hydrogen (secondary N) is 2. The van der Waals surface area contributed by atoms with E-state index < -0.39 is 0 Å². The molecule has 0 aromatic heterocycles. The van der Waals surface area contributed by atoms with E-state index in [2.05, 4.69) is 10.6 Å². The van der Waals surface area contributed by atoms with Crippen LogP contribution in [0.1, 0.15) is 5.56 Å². The van der Waals surface area contributed by atoms with Gasteiger partial charge in [0.1, 0.15) is 6.61 Å². The first-order valence-corrected chi connectivity index (χ1v) is 8.10. The van der Waals surface area contributed by atoms with Gasteiger partial charge in [-0.3, -0.25) is 0 Å². The van der Waals surface area contributed by atoms with E-state index in [9.17, 15) is 4.79 Å². The Morgan fingerprint density at radius 2 is 1.84 bits per heavy atom. The van der Waals surface area contributed by atoms with Crippen LogP contribution < -0.4 is 25.0 Å². The fourth-order valence-electron chi connectivity index (χ4n) is 2.47. The van der Waals surface area contributed by atoms with E-state index >= 15 is 0 Å². The number of para-hydroxylation sites is 2. The van der Waals surface area contributed by atoms with Gasteiger partial charge in [0.25, 0.3) is 0 Å². The summed E-state index contributed by atoms with van der Waals surface area (Å²) in [6, 6.07) is 13.0. The van der Waals surface area contributed by atoms with E-state index in [-0.39, 0.29) is 6.03 Å². The first-order chi connectivity index (χ1) is 12.0. The summed E-state index contributed by atoms with van der Waals surface area (Å²) >= 11 is 0. The molecule has 25 heavy (non-hydrogen) atoms. The molecular weight excluding hydrogens is 318 g/mol. The number of methoxy groups -OCH3 is 1. The highest BCUT2D eigenvalue weighted by atomic mass is 16.5. The van der Waals surface area contributed by atoms with Crippen LogP contribution in [-0.4, -0.2) is 40.4 Å². The molecule has 2 N–H and O–H groups in total. The van der Waals surface area contributed by atoms with Crippen molar-refractivity contribution in [2.45, 2.75) is 6.92 Å². The summed E-state index contributed by atoms with van der Waals surface area (Å²) in [4.78, 5) is 14.0. The van der Waals surface area contributed by atoms with Crippen LogP contribution in [0.4, 0.5) is 16.2 Å². The number of carbonyl (C=O) groups is 1. The van der Waals surface area contributed by atoms with Gasteiger partial charge in [0.2, 0.25) is 0 Å². The van der Waals surface area contributed by atoms with E-state index in [0.717, 1.165) is 16.9 Å². The van der Waals surface area contributed by atoms with Gasteiger partial charge in [-0.25, -0.2) is 4.79 Å². The second-order valence-corrected chi connectivity index (χ2v) is 5.78. The van der Waals surface area contributed by atoms with Crippen LogP contribution in [0, 0.1) is 6.92 Å². The van der Waals surface area contributed by atoms with Gasteiger partial charge >= 0.3 is 6.03 Å². The van der Waals surface area contributed by atoms with Crippen molar-refractivity contribution in [2.24, 2.45) is 0 Å². The Kier molecular flexibility index (Phi) is 6.51. The number of benzene rings is 2. The minimum Gasteiger partial charge on any atom is -0.493 e. The summed E-state index contributed by atoms with van der Waals surface area (Å²) in [6.45, 7) is 2.75. The Bertz CT molecular complexity index is 717. The molecule has 2 aromatic carbocycles. The van der Waals surface area contributed by atoms with Gasteiger partial charge in [0, 0.05) is 25.5 Å². The highest BCUT2D eigenvalue weighted by molar-refractivity contribution is 5.89. The SMILES string of the molecule is COc1ccccc1OCCNC(=O)Nc1ccc(N(C)C)c(C)c1. The Hall–Kier alpha value is -2.89. The Morgan fingerprint density at radius 3 is 2.48 bits per heavy atom. The maximum Gasteiger partial charge on any atom is 0.319 e. The smallest absolute Gasteiger partial charge is 0.319 e.